The van der Waals surface area contributed by atoms with Gasteiger partial charge >= 0.3 is 5.97 Å². The van der Waals surface area contributed by atoms with Crippen LogP contribution in [0.1, 0.15) is 85.6 Å². The molecule has 0 unspecified atom stereocenters. The molecule has 0 aromatic heterocycles. The first-order valence-corrected chi connectivity index (χ1v) is 15.6. The Morgan fingerprint density at radius 3 is 2.33 bits per heavy atom. The fourth-order valence-electron chi connectivity index (χ4n) is 3.63. The second-order valence-electron chi connectivity index (χ2n) is 11.2. The Bertz CT molecular complexity index is 729. The number of hydrogen-bond acceptors (Lipinski definition) is 5. The summed E-state index contributed by atoms with van der Waals surface area (Å²) in [5, 5.41) is 0.262. The largest absolute Gasteiger partial charge is 0.466 e. The van der Waals surface area contributed by atoms with E-state index in [2.05, 4.69) is 64.7 Å². The van der Waals surface area contributed by atoms with E-state index in [0.717, 1.165) is 55.9 Å². The van der Waals surface area contributed by atoms with Crippen LogP contribution in [-0.4, -0.2) is 40.6 Å². The molecule has 0 heterocycles. The molecule has 0 bridgehead atoms. The number of nitrogens with two attached hydrogens (primary N) is 1. The summed E-state index contributed by atoms with van der Waals surface area (Å²) in [4.78, 5) is 14.2. The topological polar surface area (TPSA) is 64.8 Å². The Morgan fingerprint density at radius 2 is 1.79 bits per heavy atom. The number of anilines is 2. The van der Waals surface area contributed by atoms with Crippen molar-refractivity contribution in [2.24, 2.45) is 5.92 Å². The van der Waals surface area contributed by atoms with E-state index in [1.165, 1.54) is 0 Å². The number of nitrogens with zero attached hydrogens (tertiary/aromatic N) is 1. The quantitative estimate of drug-likeness (QED) is 0.135. The molecule has 33 heavy (non-hydrogen) atoms. The fraction of sp³-hybridized carbons (Fsp3) is 0.741. The maximum Gasteiger partial charge on any atom is 0.306 e. The van der Waals surface area contributed by atoms with Gasteiger partial charge in [0.05, 0.1) is 24.4 Å². The average molecular weight is 479 g/mol. The SMILES string of the molecule is CCOC(=O)C[C@@H](C)c1ccc(N(CCCCCO[Si](C)(C)C(C)(C)C)CC(C)C)c(N)c1. The average Bonchev–Trinajstić information content (AvgIpc) is 2.68. The predicted octanol–water partition coefficient (Wildman–Crippen LogP) is 6.98. The summed E-state index contributed by atoms with van der Waals surface area (Å²) in [5.74, 6) is 0.472. The van der Waals surface area contributed by atoms with E-state index in [4.69, 9.17) is 14.9 Å². The van der Waals surface area contributed by atoms with Gasteiger partial charge in [0.2, 0.25) is 0 Å². The van der Waals surface area contributed by atoms with Gasteiger partial charge in [-0.3, -0.25) is 4.79 Å². The number of unbranched alkanes of at least 4 members (excludes halogenated alkanes) is 2. The number of benzene rings is 1. The zero-order valence-corrected chi connectivity index (χ0v) is 23.8. The number of esters is 1. The molecule has 0 aliphatic heterocycles. The van der Waals surface area contributed by atoms with Crippen LogP contribution in [0.3, 0.4) is 0 Å². The highest BCUT2D eigenvalue weighted by Crippen LogP contribution is 2.36. The predicted molar refractivity (Wildman–Crippen MR) is 145 cm³/mol. The third-order valence-electron chi connectivity index (χ3n) is 6.67. The van der Waals surface area contributed by atoms with Gasteiger partial charge in [0.1, 0.15) is 0 Å². The molecule has 0 fully saturated rings. The minimum absolute atomic E-state index is 0.0832. The molecular weight excluding hydrogens is 428 g/mol. The van der Waals surface area contributed by atoms with Crippen LogP contribution in [-0.2, 0) is 14.0 Å². The third kappa shape index (κ3) is 10.1. The number of carbonyl (C=O) groups excluding carboxylic acids is 1. The van der Waals surface area contributed by atoms with Crippen LogP contribution in [0.5, 0.6) is 0 Å². The van der Waals surface area contributed by atoms with Gasteiger partial charge in [-0.1, -0.05) is 47.6 Å². The number of ether oxygens (including phenoxy) is 1. The van der Waals surface area contributed by atoms with Crippen LogP contribution in [0.2, 0.25) is 18.1 Å². The van der Waals surface area contributed by atoms with E-state index in [1.54, 1.807) is 0 Å². The van der Waals surface area contributed by atoms with Gasteiger partial charge in [0.25, 0.3) is 0 Å². The lowest BCUT2D eigenvalue weighted by molar-refractivity contribution is -0.143. The number of nitrogen functional groups attached to an aromatic ring is 1. The van der Waals surface area contributed by atoms with Crippen molar-refractivity contribution in [2.75, 3.05) is 36.9 Å². The summed E-state index contributed by atoms with van der Waals surface area (Å²) in [6.45, 7) is 23.1. The van der Waals surface area contributed by atoms with E-state index < -0.39 is 8.32 Å². The first kappa shape index (κ1) is 29.5. The van der Waals surface area contributed by atoms with Crippen molar-refractivity contribution in [3.8, 4) is 0 Å². The maximum absolute atomic E-state index is 11.8. The summed E-state index contributed by atoms with van der Waals surface area (Å²) < 4.78 is 11.4. The van der Waals surface area contributed by atoms with Gasteiger partial charge in [0, 0.05) is 19.7 Å². The molecule has 1 aromatic rings. The van der Waals surface area contributed by atoms with E-state index in [9.17, 15) is 4.79 Å². The van der Waals surface area contributed by atoms with Crippen molar-refractivity contribution < 1.29 is 14.0 Å². The second-order valence-corrected chi connectivity index (χ2v) is 16.0. The lowest BCUT2D eigenvalue weighted by Crippen LogP contribution is -2.40. The zero-order valence-electron chi connectivity index (χ0n) is 22.8. The van der Waals surface area contributed by atoms with Crippen LogP contribution in [0.15, 0.2) is 18.2 Å². The molecule has 1 rings (SSSR count). The highest BCUT2D eigenvalue weighted by molar-refractivity contribution is 6.74. The van der Waals surface area contributed by atoms with Crippen molar-refractivity contribution in [1.82, 2.24) is 0 Å². The Hall–Kier alpha value is -1.53. The van der Waals surface area contributed by atoms with Crippen LogP contribution in [0, 0.1) is 5.92 Å². The third-order valence-corrected chi connectivity index (χ3v) is 11.2. The Balaban J connectivity index is 2.68. The molecule has 0 radical (unpaired) electrons. The summed E-state index contributed by atoms with van der Waals surface area (Å²) in [7, 11) is -1.65. The monoisotopic (exact) mass is 478 g/mol. The standard InChI is InChI=1S/C27H50N2O3Si/c1-10-31-26(30)18-22(4)23-14-15-25(24(28)19-23)29(20-21(2)3)16-12-11-13-17-32-33(8,9)27(5,6)7/h14-15,19,21-22H,10-13,16-18,20,28H2,1-9H3/t22-/m1/s1. The molecule has 0 saturated carbocycles. The molecule has 5 nitrogen and oxygen atoms in total. The molecule has 0 spiro atoms. The smallest absolute Gasteiger partial charge is 0.306 e. The molecule has 0 aliphatic carbocycles. The van der Waals surface area contributed by atoms with Crippen molar-refractivity contribution in [3.05, 3.63) is 23.8 Å². The van der Waals surface area contributed by atoms with Crippen LogP contribution >= 0.6 is 0 Å². The van der Waals surface area contributed by atoms with E-state index in [-0.39, 0.29) is 16.9 Å². The van der Waals surface area contributed by atoms with E-state index >= 15 is 0 Å². The second kappa shape index (κ2) is 13.4. The highest BCUT2D eigenvalue weighted by Gasteiger charge is 2.36. The van der Waals surface area contributed by atoms with Crippen LogP contribution < -0.4 is 10.6 Å². The molecular formula is C27H50N2O3Si. The Labute approximate surface area is 204 Å². The summed E-state index contributed by atoms with van der Waals surface area (Å²) in [6, 6.07) is 6.25. The van der Waals surface area contributed by atoms with Gasteiger partial charge < -0.3 is 19.8 Å². The van der Waals surface area contributed by atoms with Crippen molar-refractivity contribution in [1.29, 1.82) is 0 Å². The lowest BCUT2D eigenvalue weighted by atomic mass is 9.96. The minimum Gasteiger partial charge on any atom is -0.466 e. The van der Waals surface area contributed by atoms with Gasteiger partial charge in [-0.05, 0) is 73.9 Å². The van der Waals surface area contributed by atoms with E-state index in [0.29, 0.717) is 18.9 Å². The zero-order chi connectivity index (χ0) is 25.2. The van der Waals surface area contributed by atoms with Gasteiger partial charge in [-0.15, -0.1) is 0 Å². The molecule has 1 atom stereocenters. The fourth-order valence-corrected chi connectivity index (χ4v) is 4.72. The molecule has 0 aliphatic rings. The molecule has 6 heteroatoms. The Kier molecular flexibility index (Phi) is 12.0. The van der Waals surface area contributed by atoms with Crippen molar-refractivity contribution in [3.63, 3.8) is 0 Å². The number of hydrogen-bond donors (Lipinski definition) is 1. The molecule has 2 N–H and O–H groups in total. The van der Waals surface area contributed by atoms with Gasteiger partial charge in [0.15, 0.2) is 8.32 Å². The van der Waals surface area contributed by atoms with E-state index in [1.807, 2.05) is 19.9 Å². The summed E-state index contributed by atoms with van der Waals surface area (Å²) in [5.41, 5.74) is 9.45. The minimum atomic E-state index is -1.65. The lowest BCUT2D eigenvalue weighted by Gasteiger charge is -2.36. The molecule has 190 valence electrons. The Morgan fingerprint density at radius 1 is 1.12 bits per heavy atom. The first-order valence-electron chi connectivity index (χ1n) is 12.7. The number of carbonyl (C=O) groups is 1. The highest BCUT2D eigenvalue weighted by atomic mass is 28.4. The summed E-state index contributed by atoms with van der Waals surface area (Å²) >= 11 is 0. The van der Waals surface area contributed by atoms with Gasteiger partial charge in [-0.2, -0.15) is 0 Å². The van der Waals surface area contributed by atoms with Crippen LogP contribution in [0.4, 0.5) is 11.4 Å². The first-order chi connectivity index (χ1) is 15.3. The van der Waals surface area contributed by atoms with Crippen molar-refractivity contribution >= 4 is 25.7 Å². The molecule has 0 saturated heterocycles. The molecule has 1 aromatic carbocycles. The maximum atomic E-state index is 11.8. The van der Waals surface area contributed by atoms with Crippen LogP contribution in [0.25, 0.3) is 0 Å². The normalized spacial score (nSPS) is 13.3. The number of rotatable bonds is 14. The summed E-state index contributed by atoms with van der Waals surface area (Å²) in [6.07, 6.45) is 3.74. The molecule has 0 amide bonds. The van der Waals surface area contributed by atoms with Crippen molar-refractivity contribution in [2.45, 2.75) is 98.2 Å². The van der Waals surface area contributed by atoms with Gasteiger partial charge in [-0.25, -0.2) is 0 Å².